The van der Waals surface area contributed by atoms with E-state index >= 15 is 0 Å². The Hall–Kier alpha value is -0.0582. The number of hydrogen-bond acceptors (Lipinski definition) is 2. The molecule has 0 bridgehead atoms. The lowest BCUT2D eigenvalue weighted by atomic mass is 9.87. The zero-order chi connectivity index (χ0) is 5.70. The fourth-order valence-electron chi connectivity index (χ4n) is 0.258. The lowest BCUT2D eigenvalue weighted by molar-refractivity contribution is 0.411. The van der Waals surface area contributed by atoms with Crippen LogP contribution >= 0.6 is 0 Å². The van der Waals surface area contributed by atoms with Crippen LogP contribution in [0.5, 0.6) is 0 Å². The van der Waals surface area contributed by atoms with Crippen molar-refractivity contribution in [2.24, 2.45) is 0 Å². The first-order valence-electron chi connectivity index (χ1n) is 2.24. The monoisotopic (exact) mass is 116 g/mol. The highest BCUT2D eigenvalue weighted by molar-refractivity contribution is 6.41. The van der Waals surface area contributed by atoms with E-state index in [-0.39, 0.29) is 0 Å². The second-order valence-electron chi connectivity index (χ2n) is 1.29. The van der Waals surface area contributed by atoms with Crippen LogP contribution in [0.3, 0.4) is 0 Å². The summed E-state index contributed by atoms with van der Waals surface area (Å²) < 4.78 is 0. The predicted octanol–water partition coefficient (Wildman–Crippen LogP) is -1.66. The van der Waals surface area contributed by atoms with E-state index in [1.165, 1.54) is 0 Å². The van der Waals surface area contributed by atoms with Gasteiger partial charge in [0.2, 0.25) is 0 Å². The van der Waals surface area contributed by atoms with E-state index < -0.39 is 7.12 Å². The van der Waals surface area contributed by atoms with Gasteiger partial charge in [0.1, 0.15) is 0 Å². The maximum Gasteiger partial charge on any atom is 0.455 e. The molecular weight excluding hydrogens is 107 g/mol. The summed E-state index contributed by atoms with van der Waals surface area (Å²) in [5.74, 6) is 0. The SMILES string of the molecule is OB(O)CC=C[SiH3]. The molecule has 4 heteroatoms. The summed E-state index contributed by atoms with van der Waals surface area (Å²) >= 11 is 0. The van der Waals surface area contributed by atoms with E-state index in [1.54, 1.807) is 6.08 Å². The zero-order valence-corrected chi connectivity index (χ0v) is 6.33. The Kier molecular flexibility index (Phi) is 4.08. The Morgan fingerprint density at radius 2 is 2.14 bits per heavy atom. The summed E-state index contributed by atoms with van der Waals surface area (Å²) in [6.45, 7) is 0. The third kappa shape index (κ3) is 5.94. The summed E-state index contributed by atoms with van der Waals surface area (Å²) in [5.41, 5.74) is 1.92. The molecule has 40 valence electrons. The van der Waals surface area contributed by atoms with Crippen molar-refractivity contribution >= 4 is 17.4 Å². The number of hydrogen-bond donors (Lipinski definition) is 2. The lowest BCUT2D eigenvalue weighted by Gasteiger charge is -1.85. The van der Waals surface area contributed by atoms with Crippen LogP contribution < -0.4 is 0 Å². The van der Waals surface area contributed by atoms with E-state index in [1.807, 2.05) is 5.70 Å². The van der Waals surface area contributed by atoms with E-state index in [2.05, 4.69) is 0 Å². The highest BCUT2D eigenvalue weighted by Gasteiger charge is 1.99. The van der Waals surface area contributed by atoms with Crippen LogP contribution in [0.4, 0.5) is 0 Å². The maximum absolute atomic E-state index is 8.20. The molecule has 0 spiro atoms. The number of allylic oxidation sites excluding steroid dienone is 1. The fraction of sp³-hybridized carbons (Fsp3) is 0.333. The van der Waals surface area contributed by atoms with Gasteiger partial charge in [0, 0.05) is 10.2 Å². The molecule has 7 heavy (non-hydrogen) atoms. The summed E-state index contributed by atoms with van der Waals surface area (Å²) in [4.78, 5) is 0. The van der Waals surface area contributed by atoms with Gasteiger partial charge in [-0.2, -0.15) is 0 Å². The molecule has 0 unspecified atom stereocenters. The summed E-state index contributed by atoms with van der Waals surface area (Å²) in [6.07, 6.45) is 2.13. The molecule has 0 heterocycles. The first-order chi connectivity index (χ1) is 3.27. The molecule has 0 saturated carbocycles. The third-order valence-electron chi connectivity index (χ3n) is 0.583. The molecule has 0 radical (unpaired) electrons. The average molecular weight is 116 g/mol. The summed E-state index contributed by atoms with van der Waals surface area (Å²) in [6, 6.07) is 0. The van der Waals surface area contributed by atoms with Crippen LogP contribution in [0, 0.1) is 0 Å². The fourth-order valence-corrected chi connectivity index (χ4v) is 0.530. The van der Waals surface area contributed by atoms with Crippen molar-refractivity contribution in [3.63, 3.8) is 0 Å². The van der Waals surface area contributed by atoms with Crippen LogP contribution in [-0.4, -0.2) is 27.4 Å². The minimum atomic E-state index is -1.16. The smallest absolute Gasteiger partial charge is 0.427 e. The van der Waals surface area contributed by atoms with Gasteiger partial charge in [0.25, 0.3) is 0 Å². The van der Waals surface area contributed by atoms with Gasteiger partial charge in [-0.1, -0.05) is 6.08 Å². The van der Waals surface area contributed by atoms with Gasteiger partial charge in [0.05, 0.1) is 0 Å². The van der Waals surface area contributed by atoms with Gasteiger partial charge in [-0.05, 0) is 6.32 Å². The van der Waals surface area contributed by atoms with Gasteiger partial charge in [-0.3, -0.25) is 0 Å². The number of rotatable bonds is 2. The Labute approximate surface area is 46.4 Å². The Bertz CT molecular complexity index is 64.0. The summed E-state index contributed by atoms with van der Waals surface area (Å²) in [7, 11) is -0.170. The predicted molar refractivity (Wildman–Crippen MR) is 34.1 cm³/mol. The van der Waals surface area contributed by atoms with Crippen LogP contribution in [0.15, 0.2) is 11.8 Å². The van der Waals surface area contributed by atoms with Crippen LogP contribution in [0.2, 0.25) is 6.32 Å². The molecule has 0 aromatic carbocycles. The molecule has 0 rings (SSSR count). The molecule has 0 aromatic heterocycles. The molecule has 2 N–H and O–H groups in total. The van der Waals surface area contributed by atoms with Crippen molar-refractivity contribution in [3.05, 3.63) is 11.8 Å². The topological polar surface area (TPSA) is 40.5 Å². The molecule has 0 saturated heterocycles. The summed E-state index contributed by atoms with van der Waals surface area (Å²) in [5, 5.41) is 16.4. The zero-order valence-electron chi connectivity index (χ0n) is 4.33. The average Bonchev–Trinajstić information content (AvgIpc) is 1.61. The van der Waals surface area contributed by atoms with Crippen molar-refractivity contribution in [1.82, 2.24) is 0 Å². The van der Waals surface area contributed by atoms with Crippen molar-refractivity contribution in [2.45, 2.75) is 6.32 Å². The molecule has 0 aliphatic heterocycles. The van der Waals surface area contributed by atoms with Crippen molar-refractivity contribution in [1.29, 1.82) is 0 Å². The third-order valence-corrected chi connectivity index (χ3v) is 1.05. The van der Waals surface area contributed by atoms with Crippen molar-refractivity contribution in [3.8, 4) is 0 Å². The Morgan fingerprint density at radius 3 is 2.29 bits per heavy atom. The van der Waals surface area contributed by atoms with E-state index in [0.29, 0.717) is 6.32 Å². The molecule has 0 aliphatic carbocycles. The molecule has 0 atom stereocenters. The van der Waals surface area contributed by atoms with E-state index in [0.717, 1.165) is 10.2 Å². The Morgan fingerprint density at radius 1 is 1.57 bits per heavy atom. The molecule has 0 fully saturated rings. The highest BCUT2D eigenvalue weighted by Crippen LogP contribution is 1.82. The van der Waals surface area contributed by atoms with E-state index in [9.17, 15) is 0 Å². The van der Waals surface area contributed by atoms with Crippen LogP contribution in [0.25, 0.3) is 0 Å². The molecular formula is C3H9BO2Si. The van der Waals surface area contributed by atoms with Gasteiger partial charge < -0.3 is 10.0 Å². The quantitative estimate of drug-likeness (QED) is 0.424. The maximum atomic E-state index is 8.20. The minimum Gasteiger partial charge on any atom is -0.427 e. The largest absolute Gasteiger partial charge is 0.455 e. The van der Waals surface area contributed by atoms with E-state index in [4.69, 9.17) is 10.0 Å². The first-order valence-corrected chi connectivity index (χ1v) is 3.40. The minimum absolute atomic E-state index is 0.365. The van der Waals surface area contributed by atoms with Crippen molar-refractivity contribution < 1.29 is 10.0 Å². The van der Waals surface area contributed by atoms with Gasteiger partial charge in [-0.15, -0.1) is 5.70 Å². The molecule has 0 amide bonds. The standard InChI is InChI=1S/C3H9BO2Si/c5-4(6)2-1-3-7/h1,3,5-6H,2H2,7H3. The van der Waals surface area contributed by atoms with Crippen LogP contribution in [-0.2, 0) is 0 Å². The van der Waals surface area contributed by atoms with Crippen molar-refractivity contribution in [2.75, 3.05) is 0 Å². The normalized spacial score (nSPS) is 10.6. The van der Waals surface area contributed by atoms with Gasteiger partial charge >= 0.3 is 7.12 Å². The molecule has 2 nitrogen and oxygen atoms in total. The molecule has 0 aromatic rings. The van der Waals surface area contributed by atoms with Gasteiger partial charge in [0.15, 0.2) is 0 Å². The first kappa shape index (κ1) is 6.94. The second-order valence-corrected chi connectivity index (χ2v) is 1.95. The van der Waals surface area contributed by atoms with Gasteiger partial charge in [-0.25, -0.2) is 0 Å². The second kappa shape index (κ2) is 4.11. The molecule has 0 aliphatic rings. The highest BCUT2D eigenvalue weighted by atomic mass is 28.1. The van der Waals surface area contributed by atoms with Crippen LogP contribution in [0.1, 0.15) is 0 Å². The lowest BCUT2D eigenvalue weighted by Crippen LogP contribution is -2.07. The Balaban J connectivity index is 2.97.